The zero-order valence-corrected chi connectivity index (χ0v) is 11.6. The van der Waals surface area contributed by atoms with Gasteiger partial charge in [0, 0.05) is 18.8 Å². The Hall–Kier alpha value is -0.220. The maximum atomic E-state index is 4.56. The number of aliphatic imine (C=N–C) groups is 1. The molecule has 0 radical (unpaired) electrons. The van der Waals surface area contributed by atoms with Gasteiger partial charge in [-0.15, -0.1) is 0 Å². The van der Waals surface area contributed by atoms with Crippen molar-refractivity contribution in [1.82, 2.24) is 10.2 Å². The lowest BCUT2D eigenvalue weighted by Crippen LogP contribution is -2.31. The van der Waals surface area contributed by atoms with Crippen LogP contribution in [0.4, 0.5) is 0 Å². The van der Waals surface area contributed by atoms with Crippen LogP contribution in [-0.4, -0.2) is 48.5 Å². The Balaban J connectivity index is 1.54. The molecular weight excluding hydrogens is 230 g/mol. The van der Waals surface area contributed by atoms with Gasteiger partial charge in [-0.1, -0.05) is 18.2 Å². The van der Waals surface area contributed by atoms with Gasteiger partial charge in [0.05, 0.1) is 0 Å². The van der Waals surface area contributed by atoms with Gasteiger partial charge in [-0.05, 0) is 51.7 Å². The second kappa shape index (κ2) is 7.98. The Morgan fingerprint density at radius 1 is 1.12 bits per heavy atom. The van der Waals surface area contributed by atoms with Gasteiger partial charge in [0.25, 0.3) is 0 Å². The average molecular weight is 255 g/mol. The van der Waals surface area contributed by atoms with Crippen LogP contribution in [0.1, 0.15) is 38.5 Å². The molecule has 17 heavy (non-hydrogen) atoms. The molecule has 0 aromatic rings. The highest BCUT2D eigenvalue weighted by atomic mass is 32.2. The summed E-state index contributed by atoms with van der Waals surface area (Å²) in [5.41, 5.74) is 0. The van der Waals surface area contributed by atoms with E-state index in [0.29, 0.717) is 0 Å². The van der Waals surface area contributed by atoms with Crippen molar-refractivity contribution in [1.29, 1.82) is 0 Å². The minimum Gasteiger partial charge on any atom is -0.365 e. The number of hydrogen-bond acceptors (Lipinski definition) is 4. The number of piperidine rings is 1. The maximum Gasteiger partial charge on any atom is 0.156 e. The average Bonchev–Trinajstić information content (AvgIpc) is 2.65. The molecule has 0 saturated carbocycles. The van der Waals surface area contributed by atoms with Gasteiger partial charge in [0.15, 0.2) is 5.17 Å². The molecular formula is C13H25N3S. The molecule has 1 saturated heterocycles. The molecule has 1 N–H and O–H groups in total. The monoisotopic (exact) mass is 255 g/mol. The fourth-order valence-electron chi connectivity index (χ4n) is 2.41. The van der Waals surface area contributed by atoms with Crippen molar-refractivity contribution < 1.29 is 0 Å². The Labute approximate surface area is 109 Å². The smallest absolute Gasteiger partial charge is 0.156 e. The molecule has 98 valence electrons. The van der Waals surface area contributed by atoms with E-state index in [4.69, 9.17) is 0 Å². The second-order valence-corrected chi connectivity index (χ2v) is 6.01. The van der Waals surface area contributed by atoms with Gasteiger partial charge >= 0.3 is 0 Å². The van der Waals surface area contributed by atoms with Crippen LogP contribution in [-0.2, 0) is 0 Å². The summed E-state index contributed by atoms with van der Waals surface area (Å²) >= 11 is 1.91. The van der Waals surface area contributed by atoms with E-state index in [1.807, 2.05) is 11.8 Å². The van der Waals surface area contributed by atoms with Crippen LogP contribution in [0.25, 0.3) is 0 Å². The lowest BCUT2D eigenvalue weighted by Gasteiger charge is -2.26. The Bertz CT molecular complexity index is 237. The number of rotatable bonds is 4. The molecule has 0 unspecified atom stereocenters. The normalized spacial score (nSPS) is 22.7. The zero-order valence-electron chi connectivity index (χ0n) is 10.8. The first-order chi connectivity index (χ1) is 8.45. The topological polar surface area (TPSA) is 27.6 Å². The third kappa shape index (κ3) is 5.30. The van der Waals surface area contributed by atoms with E-state index in [1.54, 1.807) is 0 Å². The van der Waals surface area contributed by atoms with E-state index in [9.17, 15) is 0 Å². The quantitative estimate of drug-likeness (QED) is 0.781. The molecule has 0 aromatic heterocycles. The summed E-state index contributed by atoms with van der Waals surface area (Å²) in [7, 11) is 0. The van der Waals surface area contributed by atoms with E-state index in [0.717, 1.165) is 13.1 Å². The number of nitrogens with zero attached hydrogens (tertiary/aromatic N) is 2. The predicted molar refractivity (Wildman–Crippen MR) is 76.9 cm³/mol. The molecule has 0 bridgehead atoms. The Morgan fingerprint density at radius 3 is 2.88 bits per heavy atom. The maximum absolute atomic E-state index is 4.56. The SMILES string of the molecule is C1CCN(CCCSC2=NCCCCN2)CC1. The van der Waals surface area contributed by atoms with E-state index in [-0.39, 0.29) is 0 Å². The van der Waals surface area contributed by atoms with Crippen LogP contribution < -0.4 is 5.32 Å². The van der Waals surface area contributed by atoms with Gasteiger partial charge in [-0.25, -0.2) is 0 Å². The van der Waals surface area contributed by atoms with Crippen LogP contribution in [0.5, 0.6) is 0 Å². The molecule has 2 rings (SSSR count). The Morgan fingerprint density at radius 2 is 2.00 bits per heavy atom. The zero-order chi connectivity index (χ0) is 11.8. The van der Waals surface area contributed by atoms with Crippen molar-refractivity contribution in [2.75, 3.05) is 38.5 Å². The van der Waals surface area contributed by atoms with Crippen LogP contribution >= 0.6 is 11.8 Å². The van der Waals surface area contributed by atoms with Crippen molar-refractivity contribution >= 4 is 16.9 Å². The van der Waals surface area contributed by atoms with Crippen molar-refractivity contribution in [3.05, 3.63) is 0 Å². The summed E-state index contributed by atoms with van der Waals surface area (Å²) in [6.07, 6.45) is 8.05. The largest absolute Gasteiger partial charge is 0.365 e. The van der Waals surface area contributed by atoms with E-state index in [1.165, 1.54) is 69.1 Å². The molecule has 0 atom stereocenters. The first-order valence-corrected chi connectivity index (χ1v) is 8.07. The van der Waals surface area contributed by atoms with Gasteiger partial charge in [-0.3, -0.25) is 4.99 Å². The van der Waals surface area contributed by atoms with Crippen molar-refractivity contribution in [2.24, 2.45) is 4.99 Å². The van der Waals surface area contributed by atoms with Gasteiger partial charge in [-0.2, -0.15) is 0 Å². The number of thioether (sulfide) groups is 1. The molecule has 4 heteroatoms. The highest BCUT2D eigenvalue weighted by Gasteiger charge is 2.09. The predicted octanol–water partition coefficient (Wildman–Crippen LogP) is 2.34. The summed E-state index contributed by atoms with van der Waals surface area (Å²) in [5.74, 6) is 1.21. The summed E-state index contributed by atoms with van der Waals surface area (Å²) < 4.78 is 0. The van der Waals surface area contributed by atoms with E-state index < -0.39 is 0 Å². The van der Waals surface area contributed by atoms with Crippen molar-refractivity contribution in [3.8, 4) is 0 Å². The molecule has 1 fully saturated rings. The highest BCUT2D eigenvalue weighted by molar-refractivity contribution is 8.13. The molecule has 0 aromatic carbocycles. The number of amidine groups is 1. The van der Waals surface area contributed by atoms with Crippen LogP contribution in [0.15, 0.2) is 4.99 Å². The fourth-order valence-corrected chi connectivity index (χ4v) is 3.26. The fraction of sp³-hybridized carbons (Fsp3) is 0.923. The van der Waals surface area contributed by atoms with Gasteiger partial charge in [0.1, 0.15) is 0 Å². The molecule has 2 aliphatic rings. The Kier molecular flexibility index (Phi) is 6.21. The summed E-state index contributed by atoms with van der Waals surface area (Å²) in [6, 6.07) is 0. The summed E-state index contributed by atoms with van der Waals surface area (Å²) in [6.45, 7) is 6.05. The first-order valence-electron chi connectivity index (χ1n) is 7.08. The molecule has 0 aliphatic carbocycles. The number of nitrogens with one attached hydrogen (secondary N) is 1. The molecule has 2 heterocycles. The van der Waals surface area contributed by atoms with Gasteiger partial charge in [0.2, 0.25) is 0 Å². The van der Waals surface area contributed by atoms with Crippen molar-refractivity contribution in [2.45, 2.75) is 38.5 Å². The highest BCUT2D eigenvalue weighted by Crippen LogP contribution is 2.11. The molecule has 0 spiro atoms. The van der Waals surface area contributed by atoms with Gasteiger partial charge < -0.3 is 10.2 Å². The number of hydrogen-bond donors (Lipinski definition) is 1. The lowest BCUT2D eigenvalue weighted by atomic mass is 10.1. The summed E-state index contributed by atoms with van der Waals surface area (Å²) in [5, 5.41) is 4.60. The molecule has 0 amide bonds. The standard InChI is InChI=1S/C13H25N3S/c1-4-9-16(10-5-1)11-6-12-17-13-14-7-2-3-8-15-13/h1-12H2,(H,14,15). The number of likely N-dealkylation sites (tertiary alicyclic amines) is 1. The molecule has 2 aliphatic heterocycles. The van der Waals surface area contributed by atoms with Crippen LogP contribution in [0.3, 0.4) is 0 Å². The van der Waals surface area contributed by atoms with E-state index >= 15 is 0 Å². The molecule has 3 nitrogen and oxygen atoms in total. The van der Waals surface area contributed by atoms with Crippen molar-refractivity contribution in [3.63, 3.8) is 0 Å². The minimum atomic E-state index is 1.02. The third-order valence-corrected chi connectivity index (χ3v) is 4.46. The summed E-state index contributed by atoms with van der Waals surface area (Å²) in [4.78, 5) is 7.18. The third-order valence-electron chi connectivity index (χ3n) is 3.42. The van der Waals surface area contributed by atoms with E-state index in [2.05, 4.69) is 15.2 Å². The van der Waals surface area contributed by atoms with Crippen LogP contribution in [0, 0.1) is 0 Å². The van der Waals surface area contributed by atoms with Crippen LogP contribution in [0.2, 0.25) is 0 Å². The second-order valence-electron chi connectivity index (χ2n) is 4.93. The minimum absolute atomic E-state index is 1.02. The first kappa shape index (κ1) is 13.2. The lowest BCUT2D eigenvalue weighted by molar-refractivity contribution is 0.230.